The van der Waals surface area contributed by atoms with Crippen molar-refractivity contribution >= 4 is 5.91 Å². The second-order valence-electron chi connectivity index (χ2n) is 6.80. The summed E-state index contributed by atoms with van der Waals surface area (Å²) < 4.78 is 18.7. The molecule has 1 aliphatic heterocycles. The molecule has 1 unspecified atom stereocenters. The van der Waals surface area contributed by atoms with Crippen LogP contribution in [0.2, 0.25) is 0 Å². The molecule has 0 bridgehead atoms. The van der Waals surface area contributed by atoms with Crippen LogP contribution in [0, 0.1) is 19.7 Å². The van der Waals surface area contributed by atoms with Crippen LogP contribution in [0.25, 0.3) is 0 Å². The number of morpholine rings is 1. The Balaban J connectivity index is 1.74. The van der Waals surface area contributed by atoms with Crippen molar-refractivity contribution in [3.8, 4) is 0 Å². The standard InChI is InChI=1S/C21H25FN2O2/c1-15-11-16(2)13-18(12-15)21(25)23-14-20(24-7-9-26-10-8-24)17-3-5-19(22)6-4-17/h3-6,11-13,20H,7-10,14H2,1-2H3,(H,23,25). The second-order valence-corrected chi connectivity index (χ2v) is 6.80. The minimum Gasteiger partial charge on any atom is -0.379 e. The third-order valence-electron chi connectivity index (χ3n) is 4.68. The summed E-state index contributed by atoms with van der Waals surface area (Å²) in [4.78, 5) is 14.9. The third kappa shape index (κ3) is 4.68. The summed E-state index contributed by atoms with van der Waals surface area (Å²) in [6.45, 7) is 7.36. The number of nitrogens with zero attached hydrogens (tertiary/aromatic N) is 1. The largest absolute Gasteiger partial charge is 0.379 e. The first-order valence-electron chi connectivity index (χ1n) is 8.97. The Morgan fingerprint density at radius 1 is 1.12 bits per heavy atom. The molecule has 0 saturated carbocycles. The molecular weight excluding hydrogens is 331 g/mol. The van der Waals surface area contributed by atoms with Crippen LogP contribution in [-0.2, 0) is 4.74 Å². The molecule has 2 aromatic rings. The number of aryl methyl sites for hydroxylation is 2. The maximum absolute atomic E-state index is 13.3. The van der Waals surface area contributed by atoms with E-state index in [4.69, 9.17) is 4.74 Å². The molecule has 2 aromatic carbocycles. The molecular formula is C21H25FN2O2. The van der Waals surface area contributed by atoms with Gasteiger partial charge < -0.3 is 10.1 Å². The summed E-state index contributed by atoms with van der Waals surface area (Å²) >= 11 is 0. The lowest BCUT2D eigenvalue weighted by Gasteiger charge is -2.35. The molecule has 0 aromatic heterocycles. The third-order valence-corrected chi connectivity index (χ3v) is 4.68. The average Bonchev–Trinajstić information content (AvgIpc) is 2.63. The minimum atomic E-state index is -0.256. The van der Waals surface area contributed by atoms with Crippen molar-refractivity contribution in [2.45, 2.75) is 19.9 Å². The molecule has 1 N–H and O–H groups in total. The predicted molar refractivity (Wildman–Crippen MR) is 99.8 cm³/mol. The Labute approximate surface area is 154 Å². The molecule has 1 amide bonds. The molecule has 0 radical (unpaired) electrons. The van der Waals surface area contributed by atoms with E-state index in [1.807, 2.05) is 32.0 Å². The lowest BCUT2D eigenvalue weighted by molar-refractivity contribution is 0.0162. The van der Waals surface area contributed by atoms with Gasteiger partial charge in [0.1, 0.15) is 5.82 Å². The molecule has 1 atom stereocenters. The Kier molecular flexibility index (Phi) is 6.01. The molecule has 1 aliphatic rings. The molecule has 0 aliphatic carbocycles. The minimum absolute atomic E-state index is 0.00523. The number of hydrogen-bond acceptors (Lipinski definition) is 3. The van der Waals surface area contributed by atoms with E-state index in [-0.39, 0.29) is 17.8 Å². The zero-order valence-electron chi connectivity index (χ0n) is 15.3. The van der Waals surface area contributed by atoms with Crippen LogP contribution >= 0.6 is 0 Å². The van der Waals surface area contributed by atoms with Crippen molar-refractivity contribution in [1.29, 1.82) is 0 Å². The van der Waals surface area contributed by atoms with Gasteiger partial charge in [0.25, 0.3) is 5.91 Å². The van der Waals surface area contributed by atoms with Crippen molar-refractivity contribution in [1.82, 2.24) is 10.2 Å². The van der Waals surface area contributed by atoms with E-state index in [1.54, 1.807) is 12.1 Å². The lowest BCUT2D eigenvalue weighted by Crippen LogP contribution is -2.43. The van der Waals surface area contributed by atoms with Gasteiger partial charge in [-0.15, -0.1) is 0 Å². The maximum atomic E-state index is 13.3. The summed E-state index contributed by atoms with van der Waals surface area (Å²) in [7, 11) is 0. The summed E-state index contributed by atoms with van der Waals surface area (Å²) in [5, 5.41) is 3.05. The highest BCUT2D eigenvalue weighted by atomic mass is 19.1. The molecule has 0 spiro atoms. The first-order chi connectivity index (χ1) is 12.5. The van der Waals surface area contributed by atoms with Gasteiger partial charge in [-0.05, 0) is 43.7 Å². The highest BCUT2D eigenvalue weighted by molar-refractivity contribution is 5.94. The summed E-state index contributed by atoms with van der Waals surface area (Å²) in [6, 6.07) is 12.3. The van der Waals surface area contributed by atoms with E-state index >= 15 is 0 Å². The van der Waals surface area contributed by atoms with E-state index in [9.17, 15) is 9.18 Å². The predicted octanol–water partition coefficient (Wildman–Crippen LogP) is 3.25. The SMILES string of the molecule is Cc1cc(C)cc(C(=O)NCC(c2ccc(F)cc2)N2CCOCC2)c1. The molecule has 1 saturated heterocycles. The number of carbonyl (C=O) groups excluding carboxylic acids is 1. The van der Waals surface area contributed by atoms with Gasteiger partial charge in [0, 0.05) is 25.2 Å². The molecule has 4 nitrogen and oxygen atoms in total. The number of amides is 1. The molecule has 1 fully saturated rings. The maximum Gasteiger partial charge on any atom is 0.251 e. The van der Waals surface area contributed by atoms with Gasteiger partial charge in [-0.25, -0.2) is 4.39 Å². The monoisotopic (exact) mass is 356 g/mol. The van der Waals surface area contributed by atoms with Gasteiger partial charge in [0.2, 0.25) is 0 Å². The van der Waals surface area contributed by atoms with Crippen LogP contribution in [0.1, 0.15) is 33.1 Å². The van der Waals surface area contributed by atoms with E-state index in [0.29, 0.717) is 25.3 Å². The van der Waals surface area contributed by atoms with E-state index < -0.39 is 0 Å². The van der Waals surface area contributed by atoms with Crippen molar-refractivity contribution in [2.24, 2.45) is 0 Å². The quantitative estimate of drug-likeness (QED) is 0.894. The van der Waals surface area contributed by atoms with Crippen molar-refractivity contribution in [2.75, 3.05) is 32.8 Å². The van der Waals surface area contributed by atoms with Gasteiger partial charge >= 0.3 is 0 Å². The Bertz CT molecular complexity index is 735. The van der Waals surface area contributed by atoms with E-state index in [0.717, 1.165) is 29.8 Å². The van der Waals surface area contributed by atoms with Crippen LogP contribution in [0.15, 0.2) is 42.5 Å². The summed E-state index contributed by atoms with van der Waals surface area (Å²) in [6.07, 6.45) is 0. The number of halogens is 1. The van der Waals surface area contributed by atoms with Crippen LogP contribution in [0.4, 0.5) is 4.39 Å². The van der Waals surface area contributed by atoms with Gasteiger partial charge in [-0.2, -0.15) is 0 Å². The van der Waals surface area contributed by atoms with Crippen molar-refractivity contribution in [3.05, 3.63) is 70.5 Å². The molecule has 5 heteroatoms. The van der Waals surface area contributed by atoms with Gasteiger partial charge in [-0.1, -0.05) is 29.3 Å². The normalized spacial score (nSPS) is 16.3. The van der Waals surface area contributed by atoms with Crippen LogP contribution in [-0.4, -0.2) is 43.7 Å². The number of hydrogen-bond donors (Lipinski definition) is 1. The van der Waals surface area contributed by atoms with E-state index in [2.05, 4.69) is 10.2 Å². The number of benzene rings is 2. The first kappa shape index (κ1) is 18.5. The zero-order valence-corrected chi connectivity index (χ0v) is 15.3. The topological polar surface area (TPSA) is 41.6 Å². The van der Waals surface area contributed by atoms with Gasteiger partial charge in [0.15, 0.2) is 0 Å². The second kappa shape index (κ2) is 8.43. The smallest absolute Gasteiger partial charge is 0.251 e. The van der Waals surface area contributed by atoms with Crippen molar-refractivity contribution in [3.63, 3.8) is 0 Å². The number of ether oxygens (including phenoxy) is 1. The van der Waals surface area contributed by atoms with E-state index in [1.165, 1.54) is 12.1 Å². The lowest BCUT2D eigenvalue weighted by atomic mass is 10.0. The number of carbonyl (C=O) groups is 1. The summed E-state index contributed by atoms with van der Waals surface area (Å²) in [5.74, 6) is -0.342. The van der Waals surface area contributed by atoms with Crippen LogP contribution < -0.4 is 5.32 Å². The van der Waals surface area contributed by atoms with Gasteiger partial charge in [-0.3, -0.25) is 9.69 Å². The highest BCUT2D eigenvalue weighted by Gasteiger charge is 2.23. The summed E-state index contributed by atoms with van der Waals surface area (Å²) in [5.41, 5.74) is 3.80. The zero-order chi connectivity index (χ0) is 18.5. The first-order valence-corrected chi connectivity index (χ1v) is 8.97. The Morgan fingerprint density at radius 2 is 1.73 bits per heavy atom. The molecule has 3 rings (SSSR count). The molecule has 1 heterocycles. The average molecular weight is 356 g/mol. The molecule has 26 heavy (non-hydrogen) atoms. The highest BCUT2D eigenvalue weighted by Crippen LogP contribution is 2.22. The fourth-order valence-electron chi connectivity index (χ4n) is 3.43. The molecule has 138 valence electrons. The van der Waals surface area contributed by atoms with Crippen LogP contribution in [0.5, 0.6) is 0 Å². The number of rotatable bonds is 5. The Morgan fingerprint density at radius 3 is 2.35 bits per heavy atom. The Hall–Kier alpha value is -2.24. The van der Waals surface area contributed by atoms with Crippen LogP contribution in [0.3, 0.4) is 0 Å². The fourth-order valence-corrected chi connectivity index (χ4v) is 3.43. The fraction of sp³-hybridized carbons (Fsp3) is 0.381. The van der Waals surface area contributed by atoms with Gasteiger partial charge in [0.05, 0.1) is 19.3 Å². The van der Waals surface area contributed by atoms with Crippen molar-refractivity contribution < 1.29 is 13.9 Å². The number of nitrogens with one attached hydrogen (secondary N) is 1.